The van der Waals surface area contributed by atoms with Gasteiger partial charge in [0, 0.05) is 10.9 Å². The minimum Gasteiger partial charge on any atom is -0.422 e. The molecular formula is C15H10FN5O2. The summed E-state index contributed by atoms with van der Waals surface area (Å²) < 4.78 is 18.8. The standard InChI is InChI=1S/C15H10FN5O2/c1-7-17-5-9(6-18-7)23-15-20-13-12(14(22)21-15)10-4-8(16)2-3-11(10)19-13/h2-6H,1H3,(H2,19,20,21,22). The van der Waals surface area contributed by atoms with E-state index < -0.39 is 11.4 Å². The molecule has 0 saturated carbocycles. The highest BCUT2D eigenvalue weighted by Gasteiger charge is 2.13. The van der Waals surface area contributed by atoms with Crippen LogP contribution in [0.5, 0.6) is 11.8 Å². The zero-order valence-electron chi connectivity index (χ0n) is 11.9. The normalized spacial score (nSPS) is 11.2. The molecule has 0 bridgehead atoms. The summed E-state index contributed by atoms with van der Waals surface area (Å²) in [5, 5.41) is 0.756. The van der Waals surface area contributed by atoms with Gasteiger partial charge in [0.25, 0.3) is 5.56 Å². The molecule has 3 heterocycles. The van der Waals surface area contributed by atoms with Crippen molar-refractivity contribution in [3.05, 3.63) is 52.6 Å². The van der Waals surface area contributed by atoms with E-state index >= 15 is 0 Å². The van der Waals surface area contributed by atoms with E-state index in [4.69, 9.17) is 4.74 Å². The van der Waals surface area contributed by atoms with E-state index in [1.54, 1.807) is 13.0 Å². The first-order chi connectivity index (χ1) is 11.1. The monoisotopic (exact) mass is 311 g/mol. The minimum absolute atomic E-state index is 0.00183. The van der Waals surface area contributed by atoms with Crippen LogP contribution in [0.15, 0.2) is 35.4 Å². The van der Waals surface area contributed by atoms with E-state index in [1.807, 2.05) is 0 Å². The van der Waals surface area contributed by atoms with Crippen molar-refractivity contribution in [2.45, 2.75) is 6.92 Å². The number of hydrogen-bond donors (Lipinski definition) is 2. The lowest BCUT2D eigenvalue weighted by molar-refractivity contribution is 0.438. The molecule has 23 heavy (non-hydrogen) atoms. The number of nitrogens with zero attached hydrogens (tertiary/aromatic N) is 3. The SMILES string of the molecule is Cc1ncc(Oc2nc3[nH]c4ccc(F)cc4c3c(=O)[nH]2)cn1. The van der Waals surface area contributed by atoms with Gasteiger partial charge < -0.3 is 9.72 Å². The van der Waals surface area contributed by atoms with Crippen LogP contribution in [0.4, 0.5) is 4.39 Å². The third-order valence-corrected chi connectivity index (χ3v) is 3.37. The molecule has 0 amide bonds. The molecular weight excluding hydrogens is 301 g/mol. The summed E-state index contributed by atoms with van der Waals surface area (Å²) in [6.45, 7) is 1.75. The number of fused-ring (bicyclic) bond motifs is 3. The number of rotatable bonds is 2. The molecule has 114 valence electrons. The van der Waals surface area contributed by atoms with Crippen LogP contribution < -0.4 is 10.3 Å². The van der Waals surface area contributed by atoms with Crippen molar-refractivity contribution in [1.29, 1.82) is 0 Å². The van der Waals surface area contributed by atoms with Crippen LogP contribution in [0, 0.1) is 12.7 Å². The van der Waals surface area contributed by atoms with Crippen molar-refractivity contribution >= 4 is 21.9 Å². The molecule has 0 saturated heterocycles. The molecule has 0 spiro atoms. The van der Waals surface area contributed by atoms with E-state index in [-0.39, 0.29) is 11.4 Å². The molecule has 3 aromatic heterocycles. The molecule has 4 rings (SSSR count). The highest BCUT2D eigenvalue weighted by molar-refractivity contribution is 6.05. The van der Waals surface area contributed by atoms with Gasteiger partial charge in [-0.3, -0.25) is 9.78 Å². The van der Waals surface area contributed by atoms with Gasteiger partial charge in [-0.1, -0.05) is 0 Å². The number of nitrogens with one attached hydrogen (secondary N) is 2. The van der Waals surface area contributed by atoms with E-state index in [1.165, 1.54) is 24.5 Å². The summed E-state index contributed by atoms with van der Waals surface area (Å²) in [4.78, 5) is 30.0. The third-order valence-electron chi connectivity index (χ3n) is 3.37. The Labute approximate surface area is 128 Å². The van der Waals surface area contributed by atoms with E-state index in [0.717, 1.165) is 0 Å². The maximum Gasteiger partial charge on any atom is 0.304 e. The second-order valence-electron chi connectivity index (χ2n) is 4.98. The summed E-state index contributed by atoms with van der Waals surface area (Å²) in [5.74, 6) is 0.530. The van der Waals surface area contributed by atoms with Crippen LogP contribution >= 0.6 is 0 Å². The lowest BCUT2D eigenvalue weighted by Gasteiger charge is -2.03. The number of aromatic amines is 2. The Kier molecular flexibility index (Phi) is 2.83. The molecule has 0 radical (unpaired) electrons. The Morgan fingerprint density at radius 2 is 1.96 bits per heavy atom. The molecule has 0 fully saturated rings. The third kappa shape index (κ3) is 2.30. The van der Waals surface area contributed by atoms with Crippen molar-refractivity contribution in [2.75, 3.05) is 0 Å². The Bertz CT molecular complexity index is 1080. The molecule has 8 heteroatoms. The molecule has 2 N–H and O–H groups in total. The van der Waals surface area contributed by atoms with Crippen molar-refractivity contribution in [3.63, 3.8) is 0 Å². The van der Waals surface area contributed by atoms with Gasteiger partial charge in [0.1, 0.15) is 17.3 Å². The minimum atomic E-state index is -0.421. The smallest absolute Gasteiger partial charge is 0.304 e. The Morgan fingerprint density at radius 3 is 2.74 bits per heavy atom. The molecule has 7 nitrogen and oxygen atoms in total. The van der Waals surface area contributed by atoms with Gasteiger partial charge in [-0.15, -0.1) is 0 Å². The van der Waals surface area contributed by atoms with Crippen LogP contribution in [0.2, 0.25) is 0 Å². The highest BCUT2D eigenvalue weighted by Crippen LogP contribution is 2.24. The largest absolute Gasteiger partial charge is 0.422 e. The average Bonchev–Trinajstić information content (AvgIpc) is 2.87. The fourth-order valence-electron chi connectivity index (χ4n) is 2.35. The van der Waals surface area contributed by atoms with Gasteiger partial charge in [0.15, 0.2) is 5.75 Å². The summed E-state index contributed by atoms with van der Waals surface area (Å²) in [6, 6.07) is 4.16. The lowest BCUT2D eigenvalue weighted by Crippen LogP contribution is -2.08. The van der Waals surface area contributed by atoms with Crippen molar-refractivity contribution in [1.82, 2.24) is 24.9 Å². The molecule has 1 aromatic carbocycles. The molecule has 0 atom stereocenters. The quantitative estimate of drug-likeness (QED) is 0.592. The van der Waals surface area contributed by atoms with Crippen LogP contribution in [-0.4, -0.2) is 24.9 Å². The first kappa shape index (κ1) is 13.4. The second-order valence-corrected chi connectivity index (χ2v) is 4.98. The fourth-order valence-corrected chi connectivity index (χ4v) is 2.35. The Balaban J connectivity index is 1.85. The van der Waals surface area contributed by atoms with Gasteiger partial charge in [-0.25, -0.2) is 14.4 Å². The van der Waals surface area contributed by atoms with Crippen LogP contribution in [0.3, 0.4) is 0 Å². The predicted molar refractivity (Wildman–Crippen MR) is 81.0 cm³/mol. The number of hydrogen-bond acceptors (Lipinski definition) is 5. The van der Waals surface area contributed by atoms with Crippen LogP contribution in [-0.2, 0) is 0 Å². The number of H-pyrrole nitrogens is 2. The van der Waals surface area contributed by atoms with Crippen molar-refractivity contribution in [2.24, 2.45) is 0 Å². The fraction of sp³-hybridized carbons (Fsp3) is 0.0667. The molecule has 0 aliphatic carbocycles. The summed E-state index contributed by atoms with van der Waals surface area (Å²) in [7, 11) is 0. The van der Waals surface area contributed by atoms with Gasteiger partial charge in [0.05, 0.1) is 17.8 Å². The van der Waals surface area contributed by atoms with Gasteiger partial charge in [-0.2, -0.15) is 4.98 Å². The van der Waals surface area contributed by atoms with Crippen molar-refractivity contribution in [3.8, 4) is 11.8 Å². The average molecular weight is 311 g/mol. The number of ether oxygens (including phenoxy) is 1. The van der Waals surface area contributed by atoms with Crippen LogP contribution in [0.25, 0.3) is 21.9 Å². The van der Waals surface area contributed by atoms with E-state index in [9.17, 15) is 9.18 Å². The predicted octanol–water partition coefficient (Wildman–Crippen LogP) is 2.43. The van der Waals surface area contributed by atoms with Gasteiger partial charge >= 0.3 is 6.01 Å². The maximum absolute atomic E-state index is 13.4. The highest BCUT2D eigenvalue weighted by atomic mass is 19.1. The van der Waals surface area contributed by atoms with Crippen molar-refractivity contribution < 1.29 is 9.13 Å². The van der Waals surface area contributed by atoms with E-state index in [2.05, 4.69) is 24.9 Å². The first-order valence-corrected chi connectivity index (χ1v) is 6.78. The number of aromatic nitrogens is 5. The molecule has 4 aromatic rings. The summed E-state index contributed by atoms with van der Waals surface area (Å²) >= 11 is 0. The Hall–Kier alpha value is -3.29. The number of aryl methyl sites for hydroxylation is 1. The Morgan fingerprint density at radius 1 is 1.17 bits per heavy atom. The van der Waals surface area contributed by atoms with Crippen LogP contribution in [0.1, 0.15) is 5.82 Å². The molecule has 0 unspecified atom stereocenters. The zero-order valence-corrected chi connectivity index (χ0v) is 11.9. The molecule has 0 aliphatic heterocycles. The zero-order chi connectivity index (χ0) is 16.0. The molecule has 0 aliphatic rings. The second kappa shape index (κ2) is 4.87. The lowest BCUT2D eigenvalue weighted by atomic mass is 10.2. The van der Waals surface area contributed by atoms with Gasteiger partial charge in [-0.05, 0) is 25.1 Å². The topological polar surface area (TPSA) is 96.5 Å². The number of benzene rings is 1. The maximum atomic E-state index is 13.4. The summed E-state index contributed by atoms with van der Waals surface area (Å²) in [6.07, 6.45) is 2.96. The number of halogens is 1. The van der Waals surface area contributed by atoms with E-state index in [0.29, 0.717) is 28.1 Å². The first-order valence-electron chi connectivity index (χ1n) is 6.78. The van der Waals surface area contributed by atoms with Gasteiger partial charge in [0.2, 0.25) is 0 Å². The summed E-state index contributed by atoms with van der Waals surface area (Å²) in [5.41, 5.74) is 0.516.